The van der Waals surface area contributed by atoms with Crippen LogP contribution in [0.4, 0.5) is 18.9 Å². The molecule has 7 heteroatoms. The van der Waals surface area contributed by atoms with Crippen LogP contribution in [-0.2, 0) is 11.0 Å². The van der Waals surface area contributed by atoms with Gasteiger partial charge in [-0.3, -0.25) is 4.79 Å². The van der Waals surface area contributed by atoms with Gasteiger partial charge in [0.15, 0.2) is 0 Å². The van der Waals surface area contributed by atoms with E-state index in [1.54, 1.807) is 25.3 Å². The van der Waals surface area contributed by atoms with E-state index in [1.165, 1.54) is 23.5 Å². The minimum Gasteiger partial charge on any atom is -0.497 e. The van der Waals surface area contributed by atoms with Gasteiger partial charge in [0, 0.05) is 28.2 Å². The third kappa shape index (κ3) is 3.26. The number of ether oxygens (including phenoxy) is 1. The maximum absolute atomic E-state index is 13.5. The smallest absolute Gasteiger partial charge is 0.416 e. The van der Waals surface area contributed by atoms with Gasteiger partial charge >= 0.3 is 6.18 Å². The number of methoxy groups -OCH3 is 1. The van der Waals surface area contributed by atoms with E-state index in [9.17, 15) is 18.0 Å². The summed E-state index contributed by atoms with van der Waals surface area (Å²) in [6.45, 7) is 0. The maximum atomic E-state index is 13.5. The number of halogens is 3. The molecule has 0 radical (unpaired) electrons. The van der Waals surface area contributed by atoms with Crippen LogP contribution in [0.1, 0.15) is 28.3 Å². The van der Waals surface area contributed by atoms with Gasteiger partial charge in [-0.15, -0.1) is 11.3 Å². The molecule has 1 atom stereocenters. The average Bonchev–Trinajstić information content (AvgIpc) is 3.10. The lowest BCUT2D eigenvalue weighted by molar-refractivity contribution is -0.138. The first-order valence-electron chi connectivity index (χ1n) is 8.60. The second-order valence-corrected chi connectivity index (χ2v) is 7.42. The van der Waals surface area contributed by atoms with Crippen LogP contribution < -0.4 is 10.1 Å². The summed E-state index contributed by atoms with van der Waals surface area (Å²) >= 11 is 1.37. The highest BCUT2D eigenvalue weighted by atomic mass is 32.1. The number of thiophene rings is 1. The summed E-state index contributed by atoms with van der Waals surface area (Å²) in [5.74, 6) is -0.213. The highest BCUT2D eigenvalue weighted by Crippen LogP contribution is 2.48. The molecule has 1 aliphatic rings. The molecule has 0 fully saturated rings. The van der Waals surface area contributed by atoms with Crippen molar-refractivity contribution in [3.8, 4) is 16.9 Å². The van der Waals surface area contributed by atoms with Crippen molar-refractivity contribution in [2.45, 2.75) is 18.5 Å². The summed E-state index contributed by atoms with van der Waals surface area (Å²) in [5.41, 5.74) is 1.69. The predicted octanol–water partition coefficient (Wildman–Crippen LogP) is 5.92. The fourth-order valence-corrected chi connectivity index (χ4v) is 4.67. The van der Waals surface area contributed by atoms with Crippen LogP contribution in [0.25, 0.3) is 11.1 Å². The lowest BCUT2D eigenvalue weighted by atomic mass is 9.86. The topological polar surface area (TPSA) is 38.3 Å². The number of rotatable bonds is 3. The van der Waals surface area contributed by atoms with Crippen LogP contribution in [-0.4, -0.2) is 13.0 Å². The number of amides is 1. The van der Waals surface area contributed by atoms with Crippen LogP contribution in [0.3, 0.4) is 0 Å². The van der Waals surface area contributed by atoms with Crippen molar-refractivity contribution in [1.82, 2.24) is 0 Å². The Kier molecular flexibility index (Phi) is 4.63. The molecular formula is C21H16F3NO2S. The van der Waals surface area contributed by atoms with E-state index in [0.29, 0.717) is 11.4 Å². The van der Waals surface area contributed by atoms with Crippen molar-refractivity contribution < 1.29 is 22.7 Å². The first kappa shape index (κ1) is 18.6. The fraction of sp³-hybridized carbons (Fsp3) is 0.190. The van der Waals surface area contributed by atoms with Gasteiger partial charge in [-0.1, -0.05) is 30.3 Å². The molecule has 144 valence electrons. The van der Waals surface area contributed by atoms with E-state index < -0.39 is 17.7 Å². The van der Waals surface area contributed by atoms with Crippen molar-refractivity contribution in [3.63, 3.8) is 0 Å². The molecule has 1 amide bonds. The lowest BCUT2D eigenvalue weighted by Gasteiger charge is -2.26. The Morgan fingerprint density at radius 2 is 1.82 bits per heavy atom. The first-order chi connectivity index (χ1) is 13.4. The Morgan fingerprint density at radius 1 is 1.11 bits per heavy atom. The van der Waals surface area contributed by atoms with Crippen LogP contribution in [0.5, 0.6) is 5.75 Å². The highest BCUT2D eigenvalue weighted by molar-refractivity contribution is 7.11. The Hall–Kier alpha value is -2.80. The molecule has 0 bridgehead atoms. The zero-order chi connectivity index (χ0) is 19.9. The van der Waals surface area contributed by atoms with E-state index in [0.717, 1.165) is 22.1 Å². The Balaban J connectivity index is 1.82. The molecule has 0 saturated carbocycles. The molecule has 1 N–H and O–H groups in total. The molecule has 2 heterocycles. The first-order valence-corrected chi connectivity index (χ1v) is 9.48. The quantitative estimate of drug-likeness (QED) is 0.590. The molecule has 0 spiro atoms. The molecule has 1 aliphatic heterocycles. The normalized spacial score (nSPS) is 16.4. The van der Waals surface area contributed by atoms with Crippen LogP contribution >= 0.6 is 11.3 Å². The van der Waals surface area contributed by atoms with Crippen LogP contribution in [0.2, 0.25) is 0 Å². The van der Waals surface area contributed by atoms with E-state index >= 15 is 0 Å². The van der Waals surface area contributed by atoms with E-state index in [2.05, 4.69) is 5.32 Å². The number of benzene rings is 2. The highest BCUT2D eigenvalue weighted by Gasteiger charge is 2.38. The summed E-state index contributed by atoms with van der Waals surface area (Å²) in [5, 5.41) is 4.73. The van der Waals surface area contributed by atoms with E-state index in [1.807, 2.05) is 17.5 Å². The van der Waals surface area contributed by atoms with Gasteiger partial charge in [-0.05, 0) is 29.3 Å². The molecule has 2 aromatic carbocycles. The second-order valence-electron chi connectivity index (χ2n) is 6.51. The molecule has 3 nitrogen and oxygen atoms in total. The molecule has 4 rings (SSSR count). The van der Waals surface area contributed by atoms with Crippen molar-refractivity contribution in [2.24, 2.45) is 0 Å². The van der Waals surface area contributed by atoms with Gasteiger partial charge in [0.2, 0.25) is 5.91 Å². The van der Waals surface area contributed by atoms with Gasteiger partial charge < -0.3 is 10.1 Å². The van der Waals surface area contributed by atoms with Gasteiger partial charge in [0.05, 0.1) is 18.4 Å². The third-order valence-corrected chi connectivity index (χ3v) is 5.93. The minimum atomic E-state index is -4.47. The number of hydrogen-bond acceptors (Lipinski definition) is 3. The lowest BCUT2D eigenvalue weighted by Crippen LogP contribution is -2.24. The second kappa shape index (κ2) is 6.98. The third-order valence-electron chi connectivity index (χ3n) is 4.83. The molecular weight excluding hydrogens is 387 g/mol. The molecule has 0 aliphatic carbocycles. The number of alkyl halides is 3. The Bertz CT molecular complexity index is 1020. The molecule has 3 aromatic rings. The molecule has 0 saturated heterocycles. The number of carbonyl (C=O) groups excluding carboxylic acids is 1. The summed E-state index contributed by atoms with van der Waals surface area (Å²) in [7, 11) is 1.57. The summed E-state index contributed by atoms with van der Waals surface area (Å²) in [6, 6.07) is 12.8. The van der Waals surface area contributed by atoms with Gasteiger partial charge in [0.1, 0.15) is 5.75 Å². The summed E-state index contributed by atoms with van der Waals surface area (Å²) in [6.07, 6.45) is -4.48. The van der Waals surface area contributed by atoms with E-state index in [4.69, 9.17) is 4.74 Å². The fourth-order valence-electron chi connectivity index (χ4n) is 3.52. The SMILES string of the molecule is COc1ccc(-c2csc3c2NC(=O)C[C@H]3c2ccccc2C(F)(F)F)cc1. The minimum absolute atomic E-state index is 0.0113. The van der Waals surface area contributed by atoms with Crippen molar-refractivity contribution in [3.05, 3.63) is 69.9 Å². The van der Waals surface area contributed by atoms with Crippen molar-refractivity contribution in [2.75, 3.05) is 12.4 Å². The van der Waals surface area contributed by atoms with Gasteiger partial charge in [0.25, 0.3) is 0 Å². The number of carbonyl (C=O) groups is 1. The zero-order valence-corrected chi connectivity index (χ0v) is 15.7. The van der Waals surface area contributed by atoms with Crippen molar-refractivity contribution >= 4 is 22.9 Å². The maximum Gasteiger partial charge on any atom is 0.416 e. The zero-order valence-electron chi connectivity index (χ0n) is 14.8. The monoisotopic (exact) mass is 403 g/mol. The van der Waals surface area contributed by atoms with Crippen molar-refractivity contribution in [1.29, 1.82) is 0 Å². The Morgan fingerprint density at radius 3 is 2.50 bits per heavy atom. The summed E-state index contributed by atoms with van der Waals surface area (Å²) in [4.78, 5) is 13.1. The number of nitrogens with one attached hydrogen (secondary N) is 1. The molecule has 0 unspecified atom stereocenters. The Labute approximate surface area is 163 Å². The predicted molar refractivity (Wildman–Crippen MR) is 103 cm³/mol. The van der Waals surface area contributed by atoms with Crippen LogP contribution in [0.15, 0.2) is 53.9 Å². The molecule has 28 heavy (non-hydrogen) atoms. The number of anilines is 1. The number of hydrogen-bond donors (Lipinski definition) is 1. The van der Waals surface area contributed by atoms with Gasteiger partial charge in [-0.2, -0.15) is 13.2 Å². The average molecular weight is 403 g/mol. The summed E-state index contributed by atoms with van der Waals surface area (Å²) < 4.78 is 45.7. The van der Waals surface area contributed by atoms with Gasteiger partial charge in [-0.25, -0.2) is 0 Å². The standard InChI is InChI=1S/C21H16F3NO2S/c1-27-13-8-6-12(7-9-13)16-11-28-20-15(10-18(26)25-19(16)20)14-4-2-3-5-17(14)21(22,23)24/h2-9,11,15H,10H2,1H3,(H,25,26)/t15-/m0/s1. The number of fused-ring (bicyclic) bond motifs is 1. The van der Waals surface area contributed by atoms with Crippen LogP contribution in [0, 0.1) is 0 Å². The largest absolute Gasteiger partial charge is 0.497 e. The molecule has 1 aromatic heterocycles. The van der Waals surface area contributed by atoms with E-state index in [-0.39, 0.29) is 17.9 Å².